The largest absolute Gasteiger partial charge is 0.496 e. The summed E-state index contributed by atoms with van der Waals surface area (Å²) in [5.74, 6) is -0.961. The van der Waals surface area contributed by atoms with Crippen molar-refractivity contribution in [3.05, 3.63) is 59.4 Å². The number of rotatable bonds is 4. The fourth-order valence-electron chi connectivity index (χ4n) is 2.04. The molecule has 0 fully saturated rings. The first-order valence-corrected chi connectivity index (χ1v) is 6.89. The highest BCUT2D eigenvalue weighted by Gasteiger charge is 2.15. The van der Waals surface area contributed by atoms with Crippen molar-refractivity contribution in [2.24, 2.45) is 0 Å². The number of carbonyl (C=O) groups is 2. The normalized spacial score (nSPS) is 10.1. The molecule has 0 aliphatic carbocycles. The molecular formula is C17H17FN2O3. The van der Waals surface area contributed by atoms with Crippen LogP contribution in [0.25, 0.3) is 0 Å². The predicted octanol–water partition coefficient (Wildman–Crippen LogP) is 2.79. The summed E-state index contributed by atoms with van der Waals surface area (Å²) < 4.78 is 18.4. The van der Waals surface area contributed by atoms with Gasteiger partial charge in [-0.15, -0.1) is 0 Å². The van der Waals surface area contributed by atoms with Crippen molar-refractivity contribution in [1.29, 1.82) is 0 Å². The topological polar surface area (TPSA) is 58.6 Å². The van der Waals surface area contributed by atoms with Gasteiger partial charge in [0, 0.05) is 25.3 Å². The van der Waals surface area contributed by atoms with Crippen LogP contribution in [0, 0.1) is 5.82 Å². The summed E-state index contributed by atoms with van der Waals surface area (Å²) in [5.41, 5.74) is 0.963. The van der Waals surface area contributed by atoms with E-state index in [2.05, 4.69) is 5.32 Å². The van der Waals surface area contributed by atoms with Gasteiger partial charge in [-0.1, -0.05) is 6.07 Å². The SMILES string of the molecule is COc1ccc(F)cc1C(=O)Nc1cccc(C(=O)N(C)C)c1. The van der Waals surface area contributed by atoms with Gasteiger partial charge in [0.05, 0.1) is 12.7 Å². The molecule has 0 saturated heterocycles. The number of nitrogens with one attached hydrogen (secondary N) is 1. The van der Waals surface area contributed by atoms with Crippen molar-refractivity contribution < 1.29 is 18.7 Å². The third kappa shape index (κ3) is 3.85. The van der Waals surface area contributed by atoms with Gasteiger partial charge in [0.25, 0.3) is 11.8 Å². The zero-order valence-electron chi connectivity index (χ0n) is 13.1. The minimum Gasteiger partial charge on any atom is -0.496 e. The Bertz CT molecular complexity index is 744. The Balaban J connectivity index is 2.26. The Hall–Kier alpha value is -2.89. The second-order valence-corrected chi connectivity index (χ2v) is 5.08. The van der Waals surface area contributed by atoms with E-state index in [1.165, 1.54) is 24.1 Å². The second-order valence-electron chi connectivity index (χ2n) is 5.08. The van der Waals surface area contributed by atoms with E-state index in [1.54, 1.807) is 38.4 Å². The van der Waals surface area contributed by atoms with Crippen LogP contribution >= 0.6 is 0 Å². The Labute approximate surface area is 133 Å². The zero-order valence-corrected chi connectivity index (χ0v) is 13.1. The van der Waals surface area contributed by atoms with Crippen LogP contribution in [0.3, 0.4) is 0 Å². The van der Waals surface area contributed by atoms with Gasteiger partial charge >= 0.3 is 0 Å². The van der Waals surface area contributed by atoms with Gasteiger partial charge in [-0.3, -0.25) is 9.59 Å². The van der Waals surface area contributed by atoms with Crippen LogP contribution in [-0.4, -0.2) is 37.9 Å². The average Bonchev–Trinajstić information content (AvgIpc) is 2.54. The number of amides is 2. The Morgan fingerprint density at radius 3 is 2.52 bits per heavy atom. The first kappa shape index (κ1) is 16.5. The smallest absolute Gasteiger partial charge is 0.259 e. The lowest BCUT2D eigenvalue weighted by Crippen LogP contribution is -2.22. The third-order valence-electron chi connectivity index (χ3n) is 3.18. The minimum absolute atomic E-state index is 0.0804. The highest BCUT2D eigenvalue weighted by atomic mass is 19.1. The zero-order chi connectivity index (χ0) is 17.0. The maximum absolute atomic E-state index is 13.4. The number of hydrogen-bond donors (Lipinski definition) is 1. The highest BCUT2D eigenvalue weighted by molar-refractivity contribution is 6.06. The van der Waals surface area contributed by atoms with Crippen molar-refractivity contribution in [3.63, 3.8) is 0 Å². The molecule has 0 aliphatic heterocycles. The summed E-state index contributed by atoms with van der Waals surface area (Å²) >= 11 is 0. The van der Waals surface area contributed by atoms with E-state index in [9.17, 15) is 14.0 Å². The van der Waals surface area contributed by atoms with Crippen LogP contribution in [0.2, 0.25) is 0 Å². The molecule has 0 atom stereocenters. The average molecular weight is 316 g/mol. The number of ether oxygens (including phenoxy) is 1. The van der Waals surface area contributed by atoms with Gasteiger partial charge in [-0.05, 0) is 36.4 Å². The van der Waals surface area contributed by atoms with Gasteiger partial charge in [0.15, 0.2) is 0 Å². The van der Waals surface area contributed by atoms with Crippen LogP contribution in [0.4, 0.5) is 10.1 Å². The number of anilines is 1. The lowest BCUT2D eigenvalue weighted by atomic mass is 10.1. The van der Waals surface area contributed by atoms with Crippen LogP contribution < -0.4 is 10.1 Å². The van der Waals surface area contributed by atoms with E-state index in [1.807, 2.05) is 0 Å². The fraction of sp³-hybridized carbons (Fsp3) is 0.176. The summed E-state index contributed by atoms with van der Waals surface area (Å²) in [4.78, 5) is 25.7. The molecule has 2 rings (SSSR count). The summed E-state index contributed by atoms with van der Waals surface area (Å²) in [6.45, 7) is 0. The molecule has 23 heavy (non-hydrogen) atoms. The maximum Gasteiger partial charge on any atom is 0.259 e. The second kappa shape index (κ2) is 6.91. The highest BCUT2D eigenvalue weighted by Crippen LogP contribution is 2.21. The number of hydrogen-bond acceptors (Lipinski definition) is 3. The van der Waals surface area contributed by atoms with Crippen molar-refractivity contribution in [2.75, 3.05) is 26.5 Å². The molecule has 0 spiro atoms. The Morgan fingerprint density at radius 2 is 1.87 bits per heavy atom. The maximum atomic E-state index is 13.4. The summed E-state index contributed by atoms with van der Waals surface area (Å²) in [6.07, 6.45) is 0. The first-order valence-electron chi connectivity index (χ1n) is 6.89. The van der Waals surface area contributed by atoms with Crippen LogP contribution in [-0.2, 0) is 0 Å². The van der Waals surface area contributed by atoms with Crippen LogP contribution in [0.1, 0.15) is 20.7 Å². The van der Waals surface area contributed by atoms with E-state index >= 15 is 0 Å². The molecule has 0 unspecified atom stereocenters. The summed E-state index contributed by atoms with van der Waals surface area (Å²) in [5, 5.41) is 2.64. The predicted molar refractivity (Wildman–Crippen MR) is 85.4 cm³/mol. The molecule has 5 nitrogen and oxygen atoms in total. The molecule has 1 N–H and O–H groups in total. The van der Waals surface area contributed by atoms with E-state index in [0.29, 0.717) is 11.3 Å². The van der Waals surface area contributed by atoms with Crippen molar-refractivity contribution in [2.45, 2.75) is 0 Å². The van der Waals surface area contributed by atoms with Crippen molar-refractivity contribution >= 4 is 17.5 Å². The van der Waals surface area contributed by atoms with Crippen molar-refractivity contribution in [3.8, 4) is 5.75 Å². The Morgan fingerprint density at radius 1 is 1.13 bits per heavy atom. The summed E-state index contributed by atoms with van der Waals surface area (Å²) in [6, 6.07) is 10.2. The van der Waals surface area contributed by atoms with Crippen molar-refractivity contribution in [1.82, 2.24) is 4.90 Å². The fourth-order valence-corrected chi connectivity index (χ4v) is 2.04. The van der Waals surface area contributed by atoms with Gasteiger partial charge in [-0.25, -0.2) is 4.39 Å². The van der Waals surface area contributed by atoms with E-state index in [-0.39, 0.29) is 17.2 Å². The third-order valence-corrected chi connectivity index (χ3v) is 3.18. The molecule has 2 aromatic carbocycles. The molecule has 6 heteroatoms. The minimum atomic E-state index is -0.535. The van der Waals surface area contributed by atoms with Crippen LogP contribution in [0.15, 0.2) is 42.5 Å². The number of methoxy groups -OCH3 is 1. The molecule has 0 radical (unpaired) electrons. The number of nitrogens with zero attached hydrogens (tertiary/aromatic N) is 1. The molecule has 0 heterocycles. The lowest BCUT2D eigenvalue weighted by Gasteiger charge is -2.12. The number of benzene rings is 2. The number of halogens is 1. The quantitative estimate of drug-likeness (QED) is 0.943. The molecule has 2 aromatic rings. The molecule has 120 valence electrons. The molecule has 0 aromatic heterocycles. The first-order chi connectivity index (χ1) is 10.9. The molecule has 0 aliphatic rings. The van der Waals surface area contributed by atoms with Gasteiger partial charge in [-0.2, -0.15) is 0 Å². The molecule has 0 bridgehead atoms. The van der Waals surface area contributed by atoms with E-state index in [4.69, 9.17) is 4.74 Å². The van der Waals surface area contributed by atoms with E-state index < -0.39 is 11.7 Å². The number of carbonyl (C=O) groups excluding carboxylic acids is 2. The van der Waals surface area contributed by atoms with Gasteiger partial charge < -0.3 is 15.0 Å². The monoisotopic (exact) mass is 316 g/mol. The lowest BCUT2D eigenvalue weighted by molar-refractivity contribution is 0.0827. The molecular weight excluding hydrogens is 299 g/mol. The molecule has 0 saturated carbocycles. The standard InChI is InChI=1S/C17H17FN2O3/c1-20(2)17(22)11-5-4-6-13(9-11)19-16(21)14-10-12(18)7-8-15(14)23-3/h4-10H,1-3H3,(H,19,21). The summed E-state index contributed by atoms with van der Waals surface area (Å²) in [7, 11) is 4.69. The molecule has 2 amide bonds. The van der Waals surface area contributed by atoms with Crippen LogP contribution in [0.5, 0.6) is 5.75 Å². The van der Waals surface area contributed by atoms with Gasteiger partial charge in [0.1, 0.15) is 11.6 Å². The Kier molecular flexibility index (Phi) is 4.95. The van der Waals surface area contributed by atoms with E-state index in [0.717, 1.165) is 6.07 Å². The van der Waals surface area contributed by atoms with Gasteiger partial charge in [0.2, 0.25) is 0 Å².